The second-order valence-electron chi connectivity index (χ2n) is 4.99. The minimum atomic E-state index is -0.326. The van der Waals surface area contributed by atoms with E-state index in [4.69, 9.17) is 0 Å². The fraction of sp³-hybridized carbons (Fsp3) is 0.462. The van der Waals surface area contributed by atoms with E-state index < -0.39 is 0 Å². The number of hydrogen-bond acceptors (Lipinski definition) is 3. The average Bonchev–Trinajstić information content (AvgIpc) is 2.98. The third-order valence-electron chi connectivity index (χ3n) is 3.63. The van der Waals surface area contributed by atoms with E-state index in [0.717, 1.165) is 24.9 Å². The first kappa shape index (κ1) is 10.6. The lowest BCUT2D eigenvalue weighted by molar-refractivity contribution is -0.123. The van der Waals surface area contributed by atoms with Crippen LogP contribution in [0.15, 0.2) is 24.3 Å². The molecule has 1 aromatic carbocycles. The van der Waals surface area contributed by atoms with Gasteiger partial charge in [0, 0.05) is 12.1 Å². The SMILES string of the molecule is O=C(NC1(CO)CC1)[C@@H]1Cc2ccccc2N1. The third-order valence-corrected chi connectivity index (χ3v) is 3.63. The molecule has 1 fully saturated rings. The van der Waals surface area contributed by atoms with Gasteiger partial charge < -0.3 is 15.7 Å². The number of hydrogen-bond donors (Lipinski definition) is 3. The highest BCUT2D eigenvalue weighted by molar-refractivity contribution is 5.88. The van der Waals surface area contributed by atoms with Crippen LogP contribution in [0.4, 0.5) is 5.69 Å². The topological polar surface area (TPSA) is 61.4 Å². The molecule has 0 aromatic heterocycles. The molecular formula is C13H16N2O2. The molecule has 0 spiro atoms. The molecule has 1 heterocycles. The number of fused-ring (bicyclic) bond motifs is 1. The van der Waals surface area contributed by atoms with E-state index in [2.05, 4.69) is 10.6 Å². The molecule has 0 radical (unpaired) electrons. The number of carbonyl (C=O) groups excluding carboxylic acids is 1. The Kier molecular flexibility index (Phi) is 2.33. The Hall–Kier alpha value is -1.55. The Morgan fingerprint density at radius 3 is 2.88 bits per heavy atom. The molecule has 17 heavy (non-hydrogen) atoms. The zero-order valence-corrected chi connectivity index (χ0v) is 9.57. The summed E-state index contributed by atoms with van der Waals surface area (Å²) in [6, 6.07) is 7.77. The molecule has 1 aromatic rings. The minimum absolute atomic E-state index is 0.00671. The molecular weight excluding hydrogens is 216 g/mol. The van der Waals surface area contributed by atoms with Gasteiger partial charge in [0.1, 0.15) is 6.04 Å². The first-order chi connectivity index (χ1) is 8.22. The first-order valence-corrected chi connectivity index (χ1v) is 6.00. The number of aliphatic hydroxyl groups is 1. The molecule has 4 nitrogen and oxygen atoms in total. The smallest absolute Gasteiger partial charge is 0.243 e. The van der Waals surface area contributed by atoms with Crippen molar-refractivity contribution in [3.05, 3.63) is 29.8 Å². The molecule has 3 N–H and O–H groups in total. The van der Waals surface area contributed by atoms with E-state index in [1.807, 2.05) is 24.3 Å². The van der Waals surface area contributed by atoms with Gasteiger partial charge >= 0.3 is 0 Å². The Bertz CT molecular complexity index is 429. The van der Waals surface area contributed by atoms with Gasteiger partial charge in [0.05, 0.1) is 12.1 Å². The third kappa shape index (κ3) is 1.89. The maximum atomic E-state index is 12.0. The van der Waals surface area contributed by atoms with Gasteiger partial charge in [-0.3, -0.25) is 4.79 Å². The van der Waals surface area contributed by atoms with Crippen LogP contribution in [0.5, 0.6) is 0 Å². The van der Waals surface area contributed by atoms with Gasteiger partial charge in [0.2, 0.25) is 5.91 Å². The first-order valence-electron chi connectivity index (χ1n) is 6.00. The summed E-state index contributed by atoms with van der Waals surface area (Å²) in [6.45, 7) is 0.0401. The van der Waals surface area contributed by atoms with Crippen molar-refractivity contribution in [1.29, 1.82) is 0 Å². The summed E-state index contributed by atoms with van der Waals surface area (Å²) < 4.78 is 0. The molecule has 4 heteroatoms. The zero-order valence-electron chi connectivity index (χ0n) is 9.57. The summed E-state index contributed by atoms with van der Waals surface area (Å²) in [7, 11) is 0. The van der Waals surface area contributed by atoms with Crippen molar-refractivity contribution in [3.63, 3.8) is 0 Å². The maximum absolute atomic E-state index is 12.0. The van der Waals surface area contributed by atoms with Crippen molar-refractivity contribution in [2.75, 3.05) is 11.9 Å². The summed E-state index contributed by atoms with van der Waals surface area (Å²) in [5, 5.41) is 15.3. The van der Waals surface area contributed by atoms with E-state index >= 15 is 0 Å². The largest absolute Gasteiger partial charge is 0.394 e. The number of carbonyl (C=O) groups is 1. The lowest BCUT2D eigenvalue weighted by Crippen LogP contribution is -2.47. The summed E-state index contributed by atoms with van der Waals surface area (Å²) >= 11 is 0. The van der Waals surface area contributed by atoms with E-state index in [-0.39, 0.29) is 24.1 Å². The van der Waals surface area contributed by atoms with Crippen LogP contribution in [0.3, 0.4) is 0 Å². The molecule has 1 amide bonds. The van der Waals surface area contributed by atoms with Crippen LogP contribution in [-0.4, -0.2) is 29.2 Å². The molecule has 0 unspecified atom stereocenters. The van der Waals surface area contributed by atoms with Crippen LogP contribution in [0.2, 0.25) is 0 Å². The number of nitrogens with one attached hydrogen (secondary N) is 2. The van der Waals surface area contributed by atoms with Gasteiger partial charge in [-0.15, -0.1) is 0 Å². The van der Waals surface area contributed by atoms with Crippen LogP contribution in [0.25, 0.3) is 0 Å². The van der Waals surface area contributed by atoms with Gasteiger partial charge in [-0.2, -0.15) is 0 Å². The molecule has 2 aliphatic rings. The summed E-state index contributed by atoms with van der Waals surface area (Å²) in [4.78, 5) is 12.0. The standard InChI is InChI=1S/C13H16N2O2/c16-8-13(5-6-13)15-12(17)11-7-9-3-1-2-4-10(9)14-11/h1-4,11,14,16H,5-8H2,(H,15,17)/t11-/m0/s1. The minimum Gasteiger partial charge on any atom is -0.394 e. The molecule has 0 saturated heterocycles. The fourth-order valence-electron chi connectivity index (χ4n) is 2.28. The van der Waals surface area contributed by atoms with Crippen molar-refractivity contribution >= 4 is 11.6 Å². The number of rotatable bonds is 3. The van der Waals surface area contributed by atoms with E-state index in [0.29, 0.717) is 0 Å². The summed E-state index contributed by atoms with van der Waals surface area (Å²) in [6.07, 6.45) is 2.49. The quantitative estimate of drug-likeness (QED) is 0.717. The number of anilines is 1. The maximum Gasteiger partial charge on any atom is 0.243 e. The Morgan fingerprint density at radius 1 is 1.47 bits per heavy atom. The van der Waals surface area contributed by atoms with Crippen LogP contribution in [0, 0.1) is 0 Å². The highest BCUT2D eigenvalue weighted by Gasteiger charge is 2.44. The Morgan fingerprint density at radius 2 is 2.24 bits per heavy atom. The zero-order chi connectivity index (χ0) is 11.9. The molecule has 0 bridgehead atoms. The van der Waals surface area contributed by atoms with Crippen LogP contribution in [-0.2, 0) is 11.2 Å². The monoisotopic (exact) mass is 232 g/mol. The molecule has 1 atom stereocenters. The second-order valence-corrected chi connectivity index (χ2v) is 4.99. The Balaban J connectivity index is 1.66. The average molecular weight is 232 g/mol. The van der Waals surface area contributed by atoms with E-state index in [9.17, 15) is 9.90 Å². The highest BCUT2D eigenvalue weighted by Crippen LogP contribution is 2.35. The van der Waals surface area contributed by atoms with E-state index in [1.54, 1.807) is 0 Å². The van der Waals surface area contributed by atoms with Crippen LogP contribution in [0.1, 0.15) is 18.4 Å². The van der Waals surface area contributed by atoms with Gasteiger partial charge in [-0.25, -0.2) is 0 Å². The van der Waals surface area contributed by atoms with Crippen molar-refractivity contribution in [2.24, 2.45) is 0 Å². The predicted octanol–water partition coefficient (Wildman–Crippen LogP) is 0.664. The second kappa shape index (κ2) is 3.74. The summed E-state index contributed by atoms with van der Waals surface area (Å²) in [5.74, 6) is -0.00671. The molecule has 1 aliphatic heterocycles. The van der Waals surface area contributed by atoms with E-state index in [1.165, 1.54) is 5.56 Å². The summed E-state index contributed by atoms with van der Waals surface area (Å²) in [5.41, 5.74) is 1.90. The fourth-order valence-corrected chi connectivity index (χ4v) is 2.28. The molecule has 3 rings (SSSR count). The molecule has 1 aliphatic carbocycles. The van der Waals surface area contributed by atoms with Crippen molar-refractivity contribution < 1.29 is 9.90 Å². The number of para-hydroxylation sites is 1. The van der Waals surface area contributed by atoms with Gasteiger partial charge in [0.25, 0.3) is 0 Å². The predicted molar refractivity (Wildman–Crippen MR) is 64.8 cm³/mol. The van der Waals surface area contributed by atoms with Crippen molar-refractivity contribution in [3.8, 4) is 0 Å². The van der Waals surface area contributed by atoms with Crippen molar-refractivity contribution in [1.82, 2.24) is 5.32 Å². The Labute approximate surface area is 100 Å². The lowest BCUT2D eigenvalue weighted by Gasteiger charge is -2.18. The van der Waals surface area contributed by atoms with Gasteiger partial charge in [-0.05, 0) is 24.5 Å². The van der Waals surface area contributed by atoms with Gasteiger partial charge in [0.15, 0.2) is 0 Å². The number of aliphatic hydroxyl groups excluding tert-OH is 1. The van der Waals surface area contributed by atoms with Gasteiger partial charge in [-0.1, -0.05) is 18.2 Å². The molecule has 1 saturated carbocycles. The highest BCUT2D eigenvalue weighted by atomic mass is 16.3. The van der Waals surface area contributed by atoms with Crippen LogP contribution < -0.4 is 10.6 Å². The molecule has 90 valence electrons. The number of amides is 1. The van der Waals surface area contributed by atoms with Crippen LogP contribution >= 0.6 is 0 Å². The normalized spacial score (nSPS) is 23.7. The number of benzene rings is 1. The lowest BCUT2D eigenvalue weighted by atomic mass is 10.1. The van der Waals surface area contributed by atoms with Crippen molar-refractivity contribution in [2.45, 2.75) is 30.8 Å².